The summed E-state index contributed by atoms with van der Waals surface area (Å²) in [5.74, 6) is -0.429. The highest BCUT2D eigenvalue weighted by Crippen LogP contribution is 2.25. The minimum atomic E-state index is -2.60. The second-order valence-corrected chi connectivity index (χ2v) is 8.69. The fourth-order valence-corrected chi connectivity index (χ4v) is 3.35. The first kappa shape index (κ1) is 25.6. The maximum atomic E-state index is 14.2. The van der Waals surface area contributed by atoms with Crippen molar-refractivity contribution in [3.63, 3.8) is 0 Å². The van der Waals surface area contributed by atoms with Gasteiger partial charge in [0.15, 0.2) is 11.5 Å². The number of aromatic nitrogens is 6. The summed E-state index contributed by atoms with van der Waals surface area (Å²) in [6, 6.07) is 5.09. The van der Waals surface area contributed by atoms with E-state index in [0.717, 1.165) is 4.68 Å². The van der Waals surface area contributed by atoms with Crippen LogP contribution in [0.3, 0.4) is 0 Å². The molecular formula is C23H22F3N9O2. The average Bonchev–Trinajstić information content (AvgIpc) is 3.47. The Balaban J connectivity index is 1.69. The third-order valence-corrected chi connectivity index (χ3v) is 5.33. The van der Waals surface area contributed by atoms with Crippen molar-refractivity contribution in [3.8, 4) is 11.9 Å². The highest BCUT2D eigenvalue weighted by Gasteiger charge is 2.27. The SMILES string of the molecule is CC(C)(O)C(F)CNC(=O)c1cnc(-n2ncc3cc(C#N)cnc32)cc1Nc1cnn(CC(F)F)c1. The van der Waals surface area contributed by atoms with Gasteiger partial charge in [0, 0.05) is 30.0 Å². The zero-order valence-corrected chi connectivity index (χ0v) is 19.7. The van der Waals surface area contributed by atoms with Gasteiger partial charge in [-0.3, -0.25) is 9.48 Å². The van der Waals surface area contributed by atoms with Gasteiger partial charge in [0.2, 0.25) is 0 Å². The number of rotatable bonds is 9. The smallest absolute Gasteiger partial charge is 0.257 e. The van der Waals surface area contributed by atoms with Crippen LogP contribution in [0.2, 0.25) is 0 Å². The maximum absolute atomic E-state index is 14.2. The van der Waals surface area contributed by atoms with Crippen molar-refractivity contribution in [2.75, 3.05) is 11.9 Å². The largest absolute Gasteiger partial charge is 0.387 e. The summed E-state index contributed by atoms with van der Waals surface area (Å²) >= 11 is 0. The normalized spacial score (nSPS) is 12.5. The van der Waals surface area contributed by atoms with Gasteiger partial charge in [-0.05, 0) is 19.9 Å². The van der Waals surface area contributed by atoms with Gasteiger partial charge in [-0.1, -0.05) is 0 Å². The number of amides is 1. The third kappa shape index (κ3) is 5.84. The van der Waals surface area contributed by atoms with Gasteiger partial charge in [0.05, 0.1) is 47.0 Å². The summed E-state index contributed by atoms with van der Waals surface area (Å²) in [7, 11) is 0. The maximum Gasteiger partial charge on any atom is 0.257 e. The van der Waals surface area contributed by atoms with E-state index in [1.54, 1.807) is 6.07 Å². The van der Waals surface area contributed by atoms with Crippen molar-refractivity contribution in [1.82, 2.24) is 34.8 Å². The second-order valence-electron chi connectivity index (χ2n) is 8.69. The van der Waals surface area contributed by atoms with E-state index in [4.69, 9.17) is 5.26 Å². The number of pyridine rings is 2. The summed E-state index contributed by atoms with van der Waals surface area (Å²) in [6.45, 7) is 1.50. The van der Waals surface area contributed by atoms with Crippen LogP contribution in [-0.2, 0) is 6.54 Å². The molecule has 37 heavy (non-hydrogen) atoms. The summed E-state index contributed by atoms with van der Waals surface area (Å²) in [6.07, 6.45) is 2.45. The number of alkyl halides is 3. The van der Waals surface area contributed by atoms with E-state index in [9.17, 15) is 23.1 Å². The van der Waals surface area contributed by atoms with E-state index in [1.165, 1.54) is 55.6 Å². The number of anilines is 2. The van der Waals surface area contributed by atoms with Crippen molar-refractivity contribution < 1.29 is 23.1 Å². The monoisotopic (exact) mass is 513 g/mol. The van der Waals surface area contributed by atoms with Crippen LogP contribution in [-0.4, -0.2) is 65.3 Å². The van der Waals surface area contributed by atoms with Gasteiger partial charge in [0.25, 0.3) is 12.3 Å². The molecule has 1 amide bonds. The van der Waals surface area contributed by atoms with E-state index in [0.29, 0.717) is 22.3 Å². The molecule has 0 bridgehead atoms. The summed E-state index contributed by atoms with van der Waals surface area (Å²) < 4.78 is 42.1. The van der Waals surface area contributed by atoms with Crippen LogP contribution in [0.1, 0.15) is 29.8 Å². The number of nitrogens with one attached hydrogen (secondary N) is 2. The summed E-state index contributed by atoms with van der Waals surface area (Å²) in [4.78, 5) is 21.4. The topological polar surface area (TPSA) is 147 Å². The zero-order valence-electron chi connectivity index (χ0n) is 19.7. The van der Waals surface area contributed by atoms with Gasteiger partial charge in [-0.2, -0.15) is 20.1 Å². The van der Waals surface area contributed by atoms with E-state index >= 15 is 0 Å². The molecule has 1 atom stereocenters. The quantitative estimate of drug-likeness (QED) is 0.310. The molecule has 0 aliphatic heterocycles. The molecule has 1 unspecified atom stereocenters. The Bertz CT molecular complexity index is 1470. The number of carbonyl (C=O) groups excluding carboxylic acids is 1. The van der Waals surface area contributed by atoms with Crippen LogP contribution in [0, 0.1) is 11.3 Å². The summed E-state index contributed by atoms with van der Waals surface area (Å²) in [5.41, 5.74) is -0.361. The minimum absolute atomic E-state index is 0.0180. The second kappa shape index (κ2) is 10.2. The number of nitriles is 1. The predicted molar refractivity (Wildman–Crippen MR) is 126 cm³/mol. The molecular weight excluding hydrogens is 491 g/mol. The van der Waals surface area contributed by atoms with Gasteiger partial charge in [0.1, 0.15) is 18.8 Å². The Morgan fingerprint density at radius 2 is 1.95 bits per heavy atom. The highest BCUT2D eigenvalue weighted by atomic mass is 19.3. The number of fused-ring (bicyclic) bond motifs is 1. The van der Waals surface area contributed by atoms with E-state index in [2.05, 4.69) is 30.8 Å². The lowest BCUT2D eigenvalue weighted by Gasteiger charge is -2.22. The number of carbonyl (C=O) groups is 1. The Labute approximate surface area is 208 Å². The Hall–Kier alpha value is -4.51. The highest BCUT2D eigenvalue weighted by molar-refractivity contribution is 6.00. The molecule has 4 aromatic rings. The molecule has 0 radical (unpaired) electrons. The predicted octanol–water partition coefficient (Wildman–Crippen LogP) is 2.73. The fraction of sp³-hybridized carbons (Fsp3) is 0.304. The zero-order chi connectivity index (χ0) is 26.7. The van der Waals surface area contributed by atoms with Crippen molar-refractivity contribution in [3.05, 3.63) is 54.2 Å². The number of aliphatic hydroxyl groups is 1. The van der Waals surface area contributed by atoms with E-state index < -0.39 is 37.2 Å². The number of hydrogen-bond acceptors (Lipinski definition) is 8. The van der Waals surface area contributed by atoms with Crippen LogP contribution < -0.4 is 10.6 Å². The lowest BCUT2D eigenvalue weighted by Crippen LogP contribution is -2.42. The molecule has 4 rings (SSSR count). The Morgan fingerprint density at radius 3 is 2.65 bits per heavy atom. The molecule has 14 heteroatoms. The van der Waals surface area contributed by atoms with E-state index in [-0.39, 0.29) is 17.1 Å². The minimum Gasteiger partial charge on any atom is -0.387 e. The van der Waals surface area contributed by atoms with Crippen LogP contribution in [0.5, 0.6) is 0 Å². The molecule has 0 fully saturated rings. The molecule has 0 saturated carbocycles. The van der Waals surface area contributed by atoms with Crippen LogP contribution in [0.15, 0.2) is 43.1 Å². The summed E-state index contributed by atoms with van der Waals surface area (Å²) in [5, 5.41) is 33.0. The fourth-order valence-electron chi connectivity index (χ4n) is 3.35. The first-order valence-electron chi connectivity index (χ1n) is 11.0. The number of hydrogen-bond donors (Lipinski definition) is 3. The van der Waals surface area contributed by atoms with E-state index in [1.807, 2.05) is 6.07 Å². The Kier molecular flexibility index (Phi) is 7.07. The molecule has 4 heterocycles. The third-order valence-electron chi connectivity index (χ3n) is 5.33. The van der Waals surface area contributed by atoms with Gasteiger partial charge in [-0.25, -0.2) is 23.1 Å². The first-order chi connectivity index (χ1) is 17.5. The average molecular weight is 513 g/mol. The number of nitrogens with zero attached hydrogens (tertiary/aromatic N) is 7. The molecule has 0 aliphatic carbocycles. The van der Waals surface area contributed by atoms with Crippen molar-refractivity contribution in [2.24, 2.45) is 0 Å². The standard InChI is InChI=1S/C23H22F3N9O2/c1-23(2,37)18(24)10-30-22(36)16-9-28-20(35-21-14(7-32-35)3-13(5-27)6-29-21)4-17(16)33-15-8-31-34(11-15)12-19(25)26/h3-4,6-9,11,18-19,37H,10,12H2,1-2H3,(H,28,33)(H,30,36). The van der Waals surface area contributed by atoms with Crippen LogP contribution in [0.4, 0.5) is 24.5 Å². The Morgan fingerprint density at radius 1 is 1.16 bits per heavy atom. The molecule has 0 spiro atoms. The lowest BCUT2D eigenvalue weighted by molar-refractivity contribution is -0.00177. The molecule has 3 N–H and O–H groups in total. The van der Waals surface area contributed by atoms with Gasteiger partial charge < -0.3 is 15.7 Å². The van der Waals surface area contributed by atoms with Crippen molar-refractivity contribution >= 4 is 28.3 Å². The van der Waals surface area contributed by atoms with Gasteiger partial charge in [-0.15, -0.1) is 0 Å². The van der Waals surface area contributed by atoms with Crippen LogP contribution >= 0.6 is 0 Å². The molecule has 0 aromatic carbocycles. The number of halogens is 3. The molecule has 11 nitrogen and oxygen atoms in total. The van der Waals surface area contributed by atoms with Gasteiger partial charge >= 0.3 is 0 Å². The first-order valence-corrected chi connectivity index (χ1v) is 11.0. The molecule has 192 valence electrons. The van der Waals surface area contributed by atoms with Crippen molar-refractivity contribution in [1.29, 1.82) is 5.26 Å². The molecule has 4 aromatic heterocycles. The molecule has 0 saturated heterocycles. The lowest BCUT2D eigenvalue weighted by atomic mass is 10.0. The molecule has 0 aliphatic rings. The van der Waals surface area contributed by atoms with Crippen molar-refractivity contribution in [2.45, 2.75) is 38.6 Å². The van der Waals surface area contributed by atoms with Crippen LogP contribution in [0.25, 0.3) is 16.9 Å².